The topological polar surface area (TPSA) is 78.7 Å². The second-order valence-corrected chi connectivity index (χ2v) is 12.2. The number of nitrogens with zero attached hydrogens (tertiary/aromatic N) is 3. The summed E-state index contributed by atoms with van der Waals surface area (Å²) in [4.78, 5) is 2.52. The highest BCUT2D eigenvalue weighted by Crippen LogP contribution is 2.31. The highest BCUT2D eigenvalue weighted by atomic mass is 35.5. The Morgan fingerprint density at radius 3 is 2.58 bits per heavy atom. The monoisotopic (exact) mass is 530 g/mol. The molecule has 3 aromatic rings. The number of sulfonamides is 1. The maximum atomic E-state index is 13.6. The second kappa shape index (κ2) is 11.8. The molecule has 1 fully saturated rings. The van der Waals surface area contributed by atoms with Crippen molar-refractivity contribution in [2.75, 3.05) is 32.0 Å². The van der Waals surface area contributed by atoms with Gasteiger partial charge in [-0.2, -0.15) is 4.31 Å². The van der Waals surface area contributed by atoms with Gasteiger partial charge in [0.2, 0.25) is 10.0 Å². The third kappa shape index (κ3) is 6.48. The molecule has 1 saturated heterocycles. The molecule has 0 aliphatic carbocycles. The van der Waals surface area contributed by atoms with Crippen molar-refractivity contribution in [3.8, 4) is 0 Å². The molecule has 1 aliphatic heterocycles. The van der Waals surface area contributed by atoms with E-state index in [4.69, 9.17) is 16.1 Å². The molecule has 1 aromatic heterocycles. The average molecular weight is 531 g/mol. The van der Waals surface area contributed by atoms with Gasteiger partial charge < -0.3 is 14.7 Å². The van der Waals surface area contributed by atoms with Crippen LogP contribution in [0, 0.1) is 5.92 Å². The van der Waals surface area contributed by atoms with Crippen LogP contribution in [0.25, 0.3) is 0 Å². The van der Waals surface area contributed by atoms with E-state index in [-0.39, 0.29) is 10.8 Å². The second-order valence-electron chi connectivity index (χ2n) is 9.90. The van der Waals surface area contributed by atoms with Gasteiger partial charge in [0.25, 0.3) is 0 Å². The zero-order valence-electron chi connectivity index (χ0n) is 21.2. The van der Waals surface area contributed by atoms with Gasteiger partial charge >= 0.3 is 0 Å². The van der Waals surface area contributed by atoms with Crippen molar-refractivity contribution < 1.29 is 12.9 Å². The number of hydrogen-bond donors (Lipinski definition) is 1. The molecule has 0 radical (unpaired) electrons. The average Bonchev–Trinajstić information content (AvgIpc) is 3.33. The van der Waals surface area contributed by atoms with Gasteiger partial charge in [-0.1, -0.05) is 60.9 Å². The Labute approximate surface area is 219 Å². The molecule has 4 rings (SSSR count). The Morgan fingerprint density at radius 2 is 1.89 bits per heavy atom. The van der Waals surface area contributed by atoms with Crippen LogP contribution in [0.5, 0.6) is 0 Å². The maximum absolute atomic E-state index is 13.6. The summed E-state index contributed by atoms with van der Waals surface area (Å²) in [6, 6.07) is 15.4. The molecule has 7 nitrogen and oxygen atoms in total. The maximum Gasteiger partial charge on any atom is 0.245 e. The molecule has 1 N–H and O–H groups in total. The van der Waals surface area contributed by atoms with Gasteiger partial charge in [0.15, 0.2) is 0 Å². The van der Waals surface area contributed by atoms with Crippen molar-refractivity contribution in [1.29, 1.82) is 0 Å². The number of rotatable bonds is 10. The zero-order valence-corrected chi connectivity index (χ0v) is 22.7. The Morgan fingerprint density at radius 1 is 1.17 bits per heavy atom. The Bertz CT molecular complexity index is 1240. The molecule has 0 atom stereocenters. The number of anilines is 1. The summed E-state index contributed by atoms with van der Waals surface area (Å²) >= 11 is 6.23. The van der Waals surface area contributed by atoms with Crippen LogP contribution >= 0.6 is 11.6 Å². The van der Waals surface area contributed by atoms with Crippen molar-refractivity contribution in [2.24, 2.45) is 5.92 Å². The van der Waals surface area contributed by atoms with Gasteiger partial charge in [0.05, 0.1) is 12.2 Å². The van der Waals surface area contributed by atoms with E-state index >= 15 is 0 Å². The molecule has 2 aromatic carbocycles. The van der Waals surface area contributed by atoms with Gasteiger partial charge in [-0.15, -0.1) is 0 Å². The lowest BCUT2D eigenvalue weighted by Gasteiger charge is -2.33. The van der Waals surface area contributed by atoms with Crippen molar-refractivity contribution in [3.63, 3.8) is 0 Å². The van der Waals surface area contributed by atoms with Crippen molar-refractivity contribution in [1.82, 2.24) is 14.4 Å². The molecular weight excluding hydrogens is 496 g/mol. The van der Waals surface area contributed by atoms with E-state index in [0.717, 1.165) is 37.2 Å². The van der Waals surface area contributed by atoms with E-state index in [1.165, 1.54) is 11.6 Å². The molecule has 2 heterocycles. The number of benzene rings is 2. The lowest BCUT2D eigenvalue weighted by Crippen LogP contribution is -2.41. The Kier molecular flexibility index (Phi) is 8.72. The van der Waals surface area contributed by atoms with Gasteiger partial charge in [0.1, 0.15) is 16.9 Å². The lowest BCUT2D eigenvalue weighted by molar-refractivity contribution is 0.202. The molecule has 9 heteroatoms. The highest BCUT2D eigenvalue weighted by molar-refractivity contribution is 7.89. The Balaban J connectivity index is 1.40. The van der Waals surface area contributed by atoms with Crippen LogP contribution in [0.1, 0.15) is 49.4 Å². The van der Waals surface area contributed by atoms with Gasteiger partial charge in [0, 0.05) is 36.8 Å². The van der Waals surface area contributed by atoms with Crippen LogP contribution in [0.2, 0.25) is 5.02 Å². The molecule has 0 spiro atoms. The van der Waals surface area contributed by atoms with Crippen molar-refractivity contribution in [3.05, 3.63) is 76.6 Å². The molecule has 1 aliphatic rings. The first-order valence-corrected chi connectivity index (χ1v) is 14.2. The summed E-state index contributed by atoms with van der Waals surface area (Å²) in [6.07, 6.45) is 3.30. The minimum Gasteiger partial charge on any atom is -0.378 e. The number of aromatic nitrogens is 1. The molecule has 194 valence electrons. The normalized spacial score (nSPS) is 15.6. The van der Waals surface area contributed by atoms with Gasteiger partial charge in [-0.3, -0.25) is 0 Å². The van der Waals surface area contributed by atoms with E-state index < -0.39 is 10.0 Å². The quantitative estimate of drug-likeness (QED) is 0.368. The number of halogens is 1. The number of nitrogens with one attached hydrogen (secondary N) is 1. The predicted octanol–water partition coefficient (Wildman–Crippen LogP) is 5.60. The summed E-state index contributed by atoms with van der Waals surface area (Å²) in [5.74, 6) is 0.721. The molecule has 0 unspecified atom stereocenters. The van der Waals surface area contributed by atoms with Gasteiger partial charge in [-0.25, -0.2) is 8.42 Å². The van der Waals surface area contributed by atoms with Crippen molar-refractivity contribution in [2.45, 2.75) is 50.6 Å². The van der Waals surface area contributed by atoms with E-state index in [2.05, 4.69) is 60.5 Å². The van der Waals surface area contributed by atoms with Crippen LogP contribution < -0.4 is 5.32 Å². The first-order chi connectivity index (χ1) is 17.2. The smallest absolute Gasteiger partial charge is 0.245 e. The molecule has 0 bridgehead atoms. The SMILES string of the molecule is CC(C)c1conc1CNc1ccc(Cl)cc1S(=O)(=O)N1CCC(CN(C)Cc2ccccc2)CC1. The van der Waals surface area contributed by atoms with Crippen molar-refractivity contribution >= 4 is 27.3 Å². The molecular formula is C27H35ClN4O3S. The zero-order chi connectivity index (χ0) is 25.7. The fourth-order valence-corrected chi connectivity index (χ4v) is 6.68. The first-order valence-electron chi connectivity index (χ1n) is 12.4. The van der Waals surface area contributed by atoms with Crippen LogP contribution in [0.15, 0.2) is 64.2 Å². The van der Waals surface area contributed by atoms with Crippen LogP contribution in [-0.4, -0.2) is 49.5 Å². The predicted molar refractivity (Wildman–Crippen MR) is 144 cm³/mol. The Hall–Kier alpha value is -2.39. The fourth-order valence-electron chi connectivity index (χ4n) is 4.78. The summed E-state index contributed by atoms with van der Waals surface area (Å²) < 4.78 is 34.0. The van der Waals surface area contributed by atoms with E-state index in [1.807, 2.05) is 6.07 Å². The van der Waals surface area contributed by atoms with Crippen LogP contribution in [-0.2, 0) is 23.1 Å². The number of piperidine rings is 1. The third-order valence-corrected chi connectivity index (χ3v) is 8.92. The molecule has 0 amide bonds. The summed E-state index contributed by atoms with van der Waals surface area (Å²) in [5, 5.41) is 7.72. The minimum atomic E-state index is -3.70. The van der Waals surface area contributed by atoms with E-state index in [9.17, 15) is 8.42 Å². The molecule has 0 saturated carbocycles. The fraction of sp³-hybridized carbons (Fsp3) is 0.444. The third-order valence-electron chi connectivity index (χ3n) is 6.74. The van der Waals surface area contributed by atoms with Crippen LogP contribution in [0.4, 0.5) is 5.69 Å². The summed E-state index contributed by atoms with van der Waals surface area (Å²) in [6.45, 7) is 7.33. The first kappa shape index (κ1) is 26.7. The van der Waals surface area contributed by atoms with E-state index in [0.29, 0.717) is 36.3 Å². The lowest BCUT2D eigenvalue weighted by atomic mass is 9.97. The highest BCUT2D eigenvalue weighted by Gasteiger charge is 2.31. The summed E-state index contributed by atoms with van der Waals surface area (Å²) in [7, 11) is -1.58. The van der Waals surface area contributed by atoms with Crippen LogP contribution in [0.3, 0.4) is 0 Å². The standard InChI is InChI=1S/C27H35ClN4O3S/c1-20(2)24-19-35-30-26(24)16-29-25-10-9-23(28)15-27(25)36(33,34)32-13-11-22(12-14-32)18-31(3)17-21-7-5-4-6-8-21/h4-10,15,19-20,22,29H,11-14,16-18H2,1-3H3. The number of hydrogen-bond acceptors (Lipinski definition) is 6. The van der Waals surface area contributed by atoms with E-state index in [1.54, 1.807) is 22.7 Å². The van der Waals surface area contributed by atoms with Gasteiger partial charge in [-0.05, 0) is 55.5 Å². The minimum absolute atomic E-state index is 0.198. The largest absolute Gasteiger partial charge is 0.378 e. The summed E-state index contributed by atoms with van der Waals surface area (Å²) in [5.41, 5.74) is 3.57. The molecule has 36 heavy (non-hydrogen) atoms.